The molecule has 44 heavy (non-hydrogen) atoms. The molecule has 0 aliphatic carbocycles. The Kier molecular flexibility index (Phi) is 9.64. The molecule has 0 bridgehead atoms. The second kappa shape index (κ2) is 13.6. The van der Waals surface area contributed by atoms with Gasteiger partial charge in [-0.25, -0.2) is 4.39 Å². The normalized spacial score (nSPS) is 11.1. The summed E-state index contributed by atoms with van der Waals surface area (Å²) in [4.78, 5) is 9.00. The molecule has 4 heteroatoms. The molecule has 7 aromatic rings. The number of aromatic nitrogens is 2. The van der Waals surface area contributed by atoms with Gasteiger partial charge in [-0.1, -0.05) is 70.2 Å². The van der Waals surface area contributed by atoms with Crippen LogP contribution < -0.4 is 0 Å². The number of hydrogen-bond donors (Lipinski definition) is 0. The van der Waals surface area contributed by atoms with E-state index in [0.717, 1.165) is 54.8 Å². The fourth-order valence-corrected chi connectivity index (χ4v) is 5.46. The van der Waals surface area contributed by atoms with Crippen LogP contribution in [0.3, 0.4) is 0 Å². The molecular formula is C40H33FIrN2-2. The van der Waals surface area contributed by atoms with Crippen LogP contribution in [0.25, 0.3) is 54.8 Å². The van der Waals surface area contributed by atoms with Gasteiger partial charge < -0.3 is 9.97 Å². The first-order chi connectivity index (χ1) is 20.9. The molecule has 0 spiro atoms. The Morgan fingerprint density at radius 1 is 0.614 bits per heavy atom. The summed E-state index contributed by atoms with van der Waals surface area (Å²) in [6.45, 7) is 8.86. The van der Waals surface area contributed by atoms with Crippen LogP contribution in [-0.2, 0) is 20.1 Å². The van der Waals surface area contributed by atoms with Crippen LogP contribution in [0.15, 0.2) is 116 Å². The minimum absolute atomic E-state index is 0. The summed E-state index contributed by atoms with van der Waals surface area (Å²) in [6.07, 6.45) is 3.67. The Morgan fingerprint density at radius 2 is 1.34 bits per heavy atom. The van der Waals surface area contributed by atoms with E-state index in [2.05, 4.69) is 81.2 Å². The average Bonchev–Trinajstić information content (AvgIpc) is 3.04. The van der Waals surface area contributed by atoms with Crippen molar-refractivity contribution in [2.45, 2.75) is 39.5 Å². The molecule has 221 valence electrons. The maximum atomic E-state index is 13.7. The Hall–Kier alpha value is -4.24. The molecule has 0 saturated heterocycles. The molecule has 7 rings (SSSR count). The number of pyridine rings is 2. The summed E-state index contributed by atoms with van der Waals surface area (Å²) in [7, 11) is 0. The van der Waals surface area contributed by atoms with Crippen LogP contribution in [0.2, 0.25) is 0 Å². The molecule has 0 atom stereocenters. The fourth-order valence-electron chi connectivity index (χ4n) is 5.46. The second-order valence-electron chi connectivity index (χ2n) is 11.4. The molecule has 0 amide bonds. The standard InChI is InChI=1S/C29H25FN.C11H8N.Ir/c1-17(2)20-13-21(18(3)4)15-22(14-20)29-28-10-9-25-24-8-6-23(30)16-19(24)5-7-26(25)27(28)11-12-31-29;1-2-6-10(7-3-1)11-8-4-5-9-12-11;/h5-14,16-18H,1-4H3;1-6,8-9H;/q2*-1;. The smallest absolute Gasteiger partial charge is 0.123 e. The fraction of sp³-hybridized carbons (Fsp3) is 0.150. The molecule has 0 unspecified atom stereocenters. The van der Waals surface area contributed by atoms with Gasteiger partial charge in [0.15, 0.2) is 0 Å². The predicted molar refractivity (Wildman–Crippen MR) is 178 cm³/mol. The summed E-state index contributed by atoms with van der Waals surface area (Å²) in [5.41, 5.74) is 6.54. The van der Waals surface area contributed by atoms with Crippen molar-refractivity contribution in [1.82, 2.24) is 9.97 Å². The summed E-state index contributed by atoms with van der Waals surface area (Å²) >= 11 is 0. The molecule has 2 aromatic heterocycles. The van der Waals surface area contributed by atoms with Gasteiger partial charge in [0, 0.05) is 32.5 Å². The molecule has 2 nitrogen and oxygen atoms in total. The summed E-state index contributed by atoms with van der Waals surface area (Å²) in [5.74, 6) is 0.633. The zero-order valence-electron chi connectivity index (χ0n) is 25.2. The first-order valence-electron chi connectivity index (χ1n) is 14.7. The molecular weight excluding hydrogens is 720 g/mol. The Labute approximate surface area is 272 Å². The van der Waals surface area contributed by atoms with Crippen molar-refractivity contribution in [3.05, 3.63) is 145 Å². The van der Waals surface area contributed by atoms with E-state index in [9.17, 15) is 4.39 Å². The number of hydrogen-bond acceptors (Lipinski definition) is 2. The van der Waals surface area contributed by atoms with Crippen LogP contribution >= 0.6 is 0 Å². The van der Waals surface area contributed by atoms with Gasteiger partial charge in [-0.2, -0.15) is 0 Å². The van der Waals surface area contributed by atoms with Gasteiger partial charge in [0.05, 0.1) is 0 Å². The molecule has 0 aliphatic rings. The zero-order valence-corrected chi connectivity index (χ0v) is 27.6. The summed E-state index contributed by atoms with van der Waals surface area (Å²) < 4.78 is 13.7. The van der Waals surface area contributed by atoms with Crippen LogP contribution in [0, 0.1) is 17.9 Å². The van der Waals surface area contributed by atoms with Gasteiger partial charge >= 0.3 is 0 Å². The maximum Gasteiger partial charge on any atom is 0.123 e. The second-order valence-corrected chi connectivity index (χ2v) is 11.4. The Balaban J connectivity index is 0.000000248. The van der Waals surface area contributed by atoms with E-state index in [0.29, 0.717) is 11.8 Å². The number of nitrogens with zero attached hydrogens (tertiary/aromatic N) is 2. The van der Waals surface area contributed by atoms with Gasteiger partial charge in [0.2, 0.25) is 0 Å². The molecule has 0 aliphatic heterocycles. The van der Waals surface area contributed by atoms with Gasteiger partial charge in [0.1, 0.15) is 5.82 Å². The molecule has 0 N–H and O–H groups in total. The number of fused-ring (bicyclic) bond motifs is 5. The van der Waals surface area contributed by atoms with Crippen LogP contribution in [0.4, 0.5) is 4.39 Å². The van der Waals surface area contributed by atoms with E-state index in [4.69, 9.17) is 4.98 Å². The van der Waals surface area contributed by atoms with Crippen molar-refractivity contribution in [2.24, 2.45) is 0 Å². The van der Waals surface area contributed by atoms with Gasteiger partial charge in [0.25, 0.3) is 0 Å². The third kappa shape index (κ3) is 6.48. The molecule has 0 fully saturated rings. The van der Waals surface area contributed by atoms with Crippen molar-refractivity contribution in [1.29, 1.82) is 0 Å². The van der Waals surface area contributed by atoms with Gasteiger partial charge in [-0.3, -0.25) is 0 Å². The Bertz CT molecular complexity index is 1970. The maximum absolute atomic E-state index is 13.7. The van der Waals surface area contributed by atoms with Crippen molar-refractivity contribution in [3.63, 3.8) is 0 Å². The van der Waals surface area contributed by atoms with Crippen molar-refractivity contribution in [2.75, 3.05) is 0 Å². The summed E-state index contributed by atoms with van der Waals surface area (Å²) in [5, 5.41) is 6.54. The first-order valence-corrected chi connectivity index (χ1v) is 14.7. The molecule has 1 radical (unpaired) electrons. The van der Waals surface area contributed by atoms with Crippen LogP contribution in [-0.4, -0.2) is 9.97 Å². The monoisotopic (exact) mass is 753 g/mol. The van der Waals surface area contributed by atoms with E-state index < -0.39 is 0 Å². The van der Waals surface area contributed by atoms with Crippen LogP contribution in [0.5, 0.6) is 0 Å². The van der Waals surface area contributed by atoms with Crippen molar-refractivity contribution >= 4 is 32.3 Å². The summed E-state index contributed by atoms with van der Waals surface area (Å²) in [6, 6.07) is 40.4. The first kappa shape index (κ1) is 31.2. The van der Waals surface area contributed by atoms with Crippen LogP contribution in [0.1, 0.15) is 50.7 Å². The van der Waals surface area contributed by atoms with E-state index in [-0.39, 0.29) is 25.9 Å². The predicted octanol–water partition coefficient (Wildman–Crippen LogP) is 10.9. The third-order valence-electron chi connectivity index (χ3n) is 7.83. The topological polar surface area (TPSA) is 25.8 Å². The molecule has 2 heterocycles. The SMILES string of the molecule is CC(C)c1[c-]c(-c2nccc3c2ccc2c4ccc(F)cc4ccc32)cc(C(C)C)c1.[Ir].[c-]1ccccc1-c1ccccn1. The molecule has 5 aromatic carbocycles. The minimum atomic E-state index is -0.208. The van der Waals surface area contributed by atoms with E-state index in [1.807, 2.05) is 60.8 Å². The van der Waals surface area contributed by atoms with Crippen molar-refractivity contribution < 1.29 is 24.5 Å². The quantitative estimate of drug-likeness (QED) is 0.132. The number of benzene rings is 5. The average molecular weight is 753 g/mol. The number of rotatable bonds is 4. The van der Waals surface area contributed by atoms with Gasteiger partial charge in [-0.05, 0) is 79.8 Å². The van der Waals surface area contributed by atoms with E-state index >= 15 is 0 Å². The zero-order chi connectivity index (χ0) is 29.9. The molecule has 0 saturated carbocycles. The number of halogens is 1. The van der Waals surface area contributed by atoms with E-state index in [1.54, 1.807) is 12.3 Å². The minimum Gasteiger partial charge on any atom is -0.305 e. The van der Waals surface area contributed by atoms with E-state index in [1.165, 1.54) is 17.2 Å². The van der Waals surface area contributed by atoms with Gasteiger partial charge in [-0.15, -0.1) is 70.8 Å². The largest absolute Gasteiger partial charge is 0.305 e. The van der Waals surface area contributed by atoms with Crippen molar-refractivity contribution in [3.8, 4) is 22.5 Å². The third-order valence-corrected chi connectivity index (χ3v) is 7.83. The Morgan fingerprint density at radius 3 is 2.07 bits per heavy atom.